The number of aromatic amines is 1. The molecule has 2 fully saturated rings. The first-order valence-corrected chi connectivity index (χ1v) is 14.6. The van der Waals surface area contributed by atoms with Crippen LogP contribution in [0.15, 0.2) is 23.6 Å². The van der Waals surface area contributed by atoms with E-state index < -0.39 is 48.4 Å². The van der Waals surface area contributed by atoms with Gasteiger partial charge in [0.15, 0.2) is 29.1 Å². The summed E-state index contributed by atoms with van der Waals surface area (Å²) < 4.78 is 20.7. The van der Waals surface area contributed by atoms with Gasteiger partial charge in [0.25, 0.3) is 5.56 Å². The van der Waals surface area contributed by atoms with Crippen LogP contribution in [0.3, 0.4) is 0 Å². The standard InChI is InChI=1S/C20H25N10O7PS/c21-15-17-23-3-9(30(17)26-6-24-15)11-2-10(32)12(37-11)5-35-38(34,39)13-1-8(4-31)36-19(13)29-7-25-14-16(29)27-20(22)28-18(14)33/h3,6-8,10-13,19,31-32H,1-2,4-5H2,(H,34,39)(H2,21,24,26)(H3,22,27,28,33)/t8-,10-,11+,12+,13+,19+,38?/m0/s1. The summed E-state index contributed by atoms with van der Waals surface area (Å²) in [4.78, 5) is 42.3. The van der Waals surface area contributed by atoms with Crippen molar-refractivity contribution in [2.45, 2.75) is 49.1 Å². The van der Waals surface area contributed by atoms with Gasteiger partial charge in [-0.1, -0.05) is 0 Å². The average Bonchev–Trinajstić information content (AvgIpc) is 3.67. The molecule has 0 aromatic carbocycles. The Kier molecular flexibility index (Phi) is 6.59. The van der Waals surface area contributed by atoms with Gasteiger partial charge in [-0.3, -0.25) is 14.3 Å². The molecule has 0 aliphatic carbocycles. The van der Waals surface area contributed by atoms with Gasteiger partial charge in [-0.2, -0.15) is 10.1 Å². The minimum absolute atomic E-state index is 0.0269. The van der Waals surface area contributed by atoms with Crippen molar-refractivity contribution in [1.29, 1.82) is 0 Å². The molecular formula is C20H25N10O7PS. The van der Waals surface area contributed by atoms with Gasteiger partial charge in [-0.15, -0.1) is 0 Å². The molecule has 208 valence electrons. The van der Waals surface area contributed by atoms with Gasteiger partial charge < -0.3 is 40.6 Å². The molecule has 19 heteroatoms. The minimum atomic E-state index is -3.64. The van der Waals surface area contributed by atoms with Crippen molar-refractivity contribution in [2.24, 2.45) is 0 Å². The van der Waals surface area contributed by atoms with Crippen LogP contribution in [0.4, 0.5) is 11.8 Å². The van der Waals surface area contributed by atoms with Crippen LogP contribution in [-0.4, -0.2) is 91.4 Å². The Balaban J connectivity index is 1.20. The van der Waals surface area contributed by atoms with E-state index in [9.17, 15) is 19.9 Å². The Hall–Kier alpha value is -3.09. The first-order valence-electron chi connectivity index (χ1n) is 11.9. The van der Waals surface area contributed by atoms with Gasteiger partial charge in [-0.25, -0.2) is 19.5 Å². The topological polar surface area (TPSA) is 247 Å². The third kappa shape index (κ3) is 4.57. The van der Waals surface area contributed by atoms with Crippen LogP contribution in [0.2, 0.25) is 0 Å². The van der Waals surface area contributed by atoms with Crippen LogP contribution in [0.25, 0.3) is 16.8 Å². The molecule has 8 N–H and O–H groups in total. The molecule has 0 amide bonds. The number of H-pyrrole nitrogens is 1. The predicted molar refractivity (Wildman–Crippen MR) is 138 cm³/mol. The second-order valence-electron chi connectivity index (χ2n) is 9.30. The SMILES string of the molecule is Nc1nc2c(ncn2[C@@H]2O[C@H](CO)C[C@H]2P(O)(=S)OC[C@H]2O[C@@H](c3cnc4c(N)ncnn34)C[C@@H]2O)c(=O)[nH]1. The Morgan fingerprint density at radius 1 is 1.23 bits per heavy atom. The lowest BCUT2D eigenvalue weighted by molar-refractivity contribution is -0.0249. The van der Waals surface area contributed by atoms with Crippen molar-refractivity contribution in [3.8, 4) is 0 Å². The molecule has 1 unspecified atom stereocenters. The zero-order valence-corrected chi connectivity index (χ0v) is 21.9. The Morgan fingerprint density at radius 2 is 2.05 bits per heavy atom. The highest BCUT2D eigenvalue weighted by Crippen LogP contribution is 2.57. The number of aromatic nitrogens is 8. The number of nitrogens with one attached hydrogen (secondary N) is 1. The molecule has 39 heavy (non-hydrogen) atoms. The van der Waals surface area contributed by atoms with Crippen LogP contribution in [0, 0.1) is 0 Å². The Bertz CT molecular complexity index is 1640. The molecular weight excluding hydrogens is 555 g/mol. The van der Waals surface area contributed by atoms with Gasteiger partial charge in [0, 0.05) is 6.42 Å². The fraction of sp³-hybridized carbons (Fsp3) is 0.500. The van der Waals surface area contributed by atoms with Crippen LogP contribution < -0.4 is 17.0 Å². The number of anilines is 2. The lowest BCUT2D eigenvalue weighted by atomic mass is 10.1. The van der Waals surface area contributed by atoms with Gasteiger partial charge in [0.2, 0.25) is 5.95 Å². The first kappa shape index (κ1) is 26.1. The van der Waals surface area contributed by atoms with E-state index in [0.29, 0.717) is 11.3 Å². The van der Waals surface area contributed by atoms with Crippen LogP contribution in [-0.2, 0) is 25.8 Å². The molecule has 0 spiro atoms. The van der Waals surface area contributed by atoms with Crippen molar-refractivity contribution in [3.05, 3.63) is 34.9 Å². The highest BCUT2D eigenvalue weighted by Gasteiger charge is 2.47. The lowest BCUT2D eigenvalue weighted by Crippen LogP contribution is -2.28. The monoisotopic (exact) mass is 580 g/mol. The zero-order chi connectivity index (χ0) is 27.5. The number of nitrogen functional groups attached to an aromatic ring is 2. The summed E-state index contributed by atoms with van der Waals surface area (Å²) in [6.45, 7) is -4.17. The second-order valence-corrected chi connectivity index (χ2v) is 12.9. The fourth-order valence-electron chi connectivity index (χ4n) is 4.94. The summed E-state index contributed by atoms with van der Waals surface area (Å²) in [5, 5.41) is 24.6. The number of rotatable bonds is 7. The van der Waals surface area contributed by atoms with E-state index in [4.69, 9.17) is 37.3 Å². The largest absolute Gasteiger partial charge is 0.394 e. The molecule has 2 saturated heterocycles. The number of imidazole rings is 2. The molecule has 2 aliphatic heterocycles. The maximum absolute atomic E-state index is 12.2. The summed E-state index contributed by atoms with van der Waals surface area (Å²) in [7, 11) is 0. The molecule has 0 saturated carbocycles. The molecule has 6 heterocycles. The summed E-state index contributed by atoms with van der Waals surface area (Å²) in [5.74, 6) is 0.0857. The number of aliphatic hydroxyl groups is 2. The lowest BCUT2D eigenvalue weighted by Gasteiger charge is -2.28. The summed E-state index contributed by atoms with van der Waals surface area (Å²) in [6, 6.07) is 0. The van der Waals surface area contributed by atoms with E-state index in [1.807, 2.05) is 0 Å². The predicted octanol–water partition coefficient (Wildman–Crippen LogP) is -1.42. The quantitative estimate of drug-likeness (QED) is 0.137. The van der Waals surface area contributed by atoms with Crippen molar-refractivity contribution in [3.63, 3.8) is 0 Å². The van der Waals surface area contributed by atoms with Crippen LogP contribution >= 0.6 is 6.49 Å². The number of nitrogens with two attached hydrogens (primary N) is 2. The second kappa shape index (κ2) is 9.83. The normalized spacial score (nSPS) is 28.9. The maximum Gasteiger partial charge on any atom is 0.280 e. The number of hydrogen-bond acceptors (Lipinski definition) is 14. The molecule has 0 bridgehead atoms. The molecule has 2 aliphatic rings. The van der Waals surface area contributed by atoms with Crippen LogP contribution in [0.5, 0.6) is 0 Å². The van der Waals surface area contributed by atoms with Gasteiger partial charge >= 0.3 is 0 Å². The molecule has 4 aromatic heterocycles. The van der Waals surface area contributed by atoms with Gasteiger partial charge in [0.1, 0.15) is 24.8 Å². The Labute approximate surface area is 223 Å². The Morgan fingerprint density at radius 3 is 2.85 bits per heavy atom. The van der Waals surface area contributed by atoms with Crippen molar-refractivity contribution < 1.29 is 29.1 Å². The van der Waals surface area contributed by atoms with Crippen molar-refractivity contribution in [1.82, 2.24) is 39.1 Å². The van der Waals surface area contributed by atoms with E-state index in [1.165, 1.54) is 21.7 Å². The van der Waals surface area contributed by atoms with Crippen molar-refractivity contribution in [2.75, 3.05) is 24.7 Å². The number of nitrogens with zero attached hydrogens (tertiary/aromatic N) is 7. The maximum atomic E-state index is 12.2. The van der Waals surface area contributed by atoms with E-state index in [2.05, 4.69) is 30.0 Å². The number of hydrogen-bond donors (Lipinski definition) is 6. The number of aliphatic hydroxyl groups excluding tert-OH is 2. The zero-order valence-electron chi connectivity index (χ0n) is 20.1. The summed E-state index contributed by atoms with van der Waals surface area (Å²) in [6.07, 6.45) is 0.683. The van der Waals surface area contributed by atoms with Gasteiger partial charge in [0.05, 0.1) is 49.3 Å². The number of fused-ring (bicyclic) bond motifs is 2. The summed E-state index contributed by atoms with van der Waals surface area (Å²) in [5.41, 5.74) is 11.3. The smallest absolute Gasteiger partial charge is 0.280 e. The fourth-order valence-corrected chi connectivity index (χ4v) is 7.28. The van der Waals surface area contributed by atoms with E-state index >= 15 is 0 Å². The highest BCUT2D eigenvalue weighted by atomic mass is 32.5. The summed E-state index contributed by atoms with van der Waals surface area (Å²) >= 11 is 5.54. The van der Waals surface area contributed by atoms with Gasteiger partial charge in [-0.05, 0) is 18.2 Å². The number of ether oxygens (including phenoxy) is 2. The first-order chi connectivity index (χ1) is 18.7. The van der Waals surface area contributed by atoms with E-state index in [0.717, 1.165) is 0 Å². The molecule has 6 rings (SSSR count). The third-order valence-electron chi connectivity index (χ3n) is 6.85. The van der Waals surface area contributed by atoms with Crippen molar-refractivity contribution >= 4 is 46.9 Å². The van der Waals surface area contributed by atoms with E-state index in [-0.39, 0.29) is 49.0 Å². The third-order valence-corrected chi connectivity index (χ3v) is 9.80. The minimum Gasteiger partial charge on any atom is -0.394 e. The molecule has 7 atom stereocenters. The van der Waals surface area contributed by atoms with Crippen LogP contribution in [0.1, 0.15) is 30.9 Å². The highest BCUT2D eigenvalue weighted by molar-refractivity contribution is 8.09. The molecule has 4 aromatic rings. The van der Waals surface area contributed by atoms with E-state index in [1.54, 1.807) is 6.20 Å². The molecule has 0 radical (unpaired) electrons. The average molecular weight is 581 g/mol. The molecule has 17 nitrogen and oxygen atoms in total.